The maximum Gasteiger partial charge on any atom is 0.220 e. The third-order valence-electron chi connectivity index (χ3n) is 3.27. The molecule has 0 aliphatic heterocycles. The molecule has 1 aromatic heterocycles. The van der Waals surface area contributed by atoms with Gasteiger partial charge >= 0.3 is 0 Å². The molecule has 0 unspecified atom stereocenters. The molecule has 0 amide bonds. The van der Waals surface area contributed by atoms with Gasteiger partial charge in [0.15, 0.2) is 5.01 Å². The molecule has 126 valence electrons. The van der Waals surface area contributed by atoms with Crippen LogP contribution in [0.3, 0.4) is 0 Å². The van der Waals surface area contributed by atoms with Crippen LogP contribution in [-0.4, -0.2) is 22.8 Å². The van der Waals surface area contributed by atoms with Gasteiger partial charge in [-0.15, -0.1) is 10.2 Å². The number of rotatable bonds is 10. The summed E-state index contributed by atoms with van der Waals surface area (Å²) in [5.41, 5.74) is 7.19. The Labute approximate surface area is 142 Å². The molecule has 23 heavy (non-hydrogen) atoms. The van der Waals surface area contributed by atoms with E-state index in [1.807, 2.05) is 24.3 Å². The molecule has 0 saturated heterocycles. The van der Waals surface area contributed by atoms with Crippen molar-refractivity contribution in [3.63, 3.8) is 0 Å². The number of hydrogen-bond donors (Lipinski definition) is 2. The Morgan fingerprint density at radius 2 is 1.96 bits per heavy atom. The van der Waals surface area contributed by atoms with E-state index in [2.05, 4.69) is 41.8 Å². The summed E-state index contributed by atoms with van der Waals surface area (Å²) < 4.78 is 5.95. The summed E-state index contributed by atoms with van der Waals surface area (Å²) in [4.78, 5) is 0. The third kappa shape index (κ3) is 5.80. The van der Waals surface area contributed by atoms with E-state index in [1.54, 1.807) is 0 Å². The highest BCUT2D eigenvalue weighted by Crippen LogP contribution is 2.33. The van der Waals surface area contributed by atoms with Crippen LogP contribution in [0.4, 0.5) is 5.13 Å². The van der Waals surface area contributed by atoms with Crippen molar-refractivity contribution in [3.8, 4) is 16.3 Å². The Balaban J connectivity index is 1.99. The lowest BCUT2D eigenvalue weighted by Gasteiger charge is -2.09. The number of nitrogens with one attached hydrogen (secondary N) is 2. The fraction of sp³-hybridized carbons (Fsp3) is 0.529. The molecule has 0 aliphatic rings. The van der Waals surface area contributed by atoms with Crippen LogP contribution in [0.15, 0.2) is 24.3 Å². The topological polar surface area (TPSA) is 59.1 Å². The Hall–Kier alpha value is -1.66. The second-order valence-electron chi connectivity index (χ2n) is 5.74. The lowest BCUT2D eigenvalue weighted by Crippen LogP contribution is -2.28. The van der Waals surface area contributed by atoms with Gasteiger partial charge in [-0.25, -0.2) is 5.43 Å². The smallest absolute Gasteiger partial charge is 0.220 e. The molecule has 0 atom stereocenters. The standard InChI is InChI=1S/C17H26N4OS/c1-4-5-6-9-12-22-15-11-8-7-10-14(15)16-19-21-17(23-16)20-18-13(2)3/h7-8,10-11,13,18H,4-6,9,12H2,1-3H3,(H,20,21). The molecular formula is C17H26N4OS. The van der Waals surface area contributed by atoms with Gasteiger partial charge in [0.2, 0.25) is 5.13 Å². The second-order valence-corrected chi connectivity index (χ2v) is 6.72. The lowest BCUT2D eigenvalue weighted by atomic mass is 10.2. The molecule has 0 fully saturated rings. The minimum Gasteiger partial charge on any atom is -0.493 e. The van der Waals surface area contributed by atoms with E-state index in [0.29, 0.717) is 6.04 Å². The van der Waals surface area contributed by atoms with Gasteiger partial charge in [-0.3, -0.25) is 5.43 Å². The van der Waals surface area contributed by atoms with Gasteiger partial charge in [0.1, 0.15) is 5.75 Å². The highest BCUT2D eigenvalue weighted by molar-refractivity contribution is 7.18. The van der Waals surface area contributed by atoms with Gasteiger partial charge in [-0.2, -0.15) is 0 Å². The number of nitrogens with zero attached hydrogens (tertiary/aromatic N) is 2. The molecule has 5 nitrogen and oxygen atoms in total. The summed E-state index contributed by atoms with van der Waals surface area (Å²) in [6.07, 6.45) is 4.80. The van der Waals surface area contributed by atoms with E-state index < -0.39 is 0 Å². The number of hydrogen-bond acceptors (Lipinski definition) is 6. The molecule has 0 saturated carbocycles. The Bertz CT molecular complexity index is 585. The number of ether oxygens (including phenoxy) is 1. The largest absolute Gasteiger partial charge is 0.493 e. The van der Waals surface area contributed by atoms with Crippen molar-refractivity contribution >= 4 is 16.5 Å². The molecule has 0 spiro atoms. The first-order valence-electron chi connectivity index (χ1n) is 8.28. The van der Waals surface area contributed by atoms with Crippen LogP contribution < -0.4 is 15.6 Å². The average molecular weight is 334 g/mol. The predicted octanol–water partition coefficient (Wildman–Crippen LogP) is 4.49. The Morgan fingerprint density at radius 3 is 2.74 bits per heavy atom. The summed E-state index contributed by atoms with van der Waals surface area (Å²) in [5.74, 6) is 0.878. The van der Waals surface area contributed by atoms with Gasteiger partial charge in [0.05, 0.1) is 12.2 Å². The van der Waals surface area contributed by atoms with E-state index in [1.165, 1.54) is 30.6 Å². The predicted molar refractivity (Wildman–Crippen MR) is 96.9 cm³/mol. The zero-order valence-corrected chi connectivity index (χ0v) is 14.9. The second kappa shape index (κ2) is 9.47. The van der Waals surface area contributed by atoms with Gasteiger partial charge in [0.25, 0.3) is 0 Å². The Morgan fingerprint density at radius 1 is 1.13 bits per heavy atom. The minimum absolute atomic E-state index is 0.334. The average Bonchev–Trinajstić information content (AvgIpc) is 3.02. The van der Waals surface area contributed by atoms with Crippen molar-refractivity contribution in [2.75, 3.05) is 12.0 Å². The first-order valence-corrected chi connectivity index (χ1v) is 9.09. The molecule has 0 aliphatic carbocycles. The van der Waals surface area contributed by atoms with E-state index in [0.717, 1.165) is 34.5 Å². The van der Waals surface area contributed by atoms with Crippen molar-refractivity contribution in [1.82, 2.24) is 15.6 Å². The number of unbranched alkanes of at least 4 members (excludes halogenated alkanes) is 3. The monoisotopic (exact) mass is 334 g/mol. The van der Waals surface area contributed by atoms with Crippen LogP contribution in [0.1, 0.15) is 46.5 Å². The number of aromatic nitrogens is 2. The van der Waals surface area contributed by atoms with Gasteiger partial charge in [-0.05, 0) is 32.4 Å². The highest BCUT2D eigenvalue weighted by Gasteiger charge is 2.11. The van der Waals surface area contributed by atoms with Crippen molar-refractivity contribution in [2.45, 2.75) is 52.5 Å². The summed E-state index contributed by atoms with van der Waals surface area (Å²) in [6.45, 7) is 7.09. The van der Waals surface area contributed by atoms with Crippen molar-refractivity contribution in [3.05, 3.63) is 24.3 Å². The van der Waals surface area contributed by atoms with E-state index in [9.17, 15) is 0 Å². The number of hydrazine groups is 1. The number of para-hydroxylation sites is 1. The van der Waals surface area contributed by atoms with Gasteiger partial charge < -0.3 is 4.74 Å². The van der Waals surface area contributed by atoms with Crippen molar-refractivity contribution in [1.29, 1.82) is 0 Å². The SMILES string of the molecule is CCCCCCOc1ccccc1-c1nnc(NNC(C)C)s1. The lowest BCUT2D eigenvalue weighted by molar-refractivity contribution is 0.306. The Kier molecular flexibility index (Phi) is 7.29. The van der Waals surface area contributed by atoms with E-state index in [4.69, 9.17) is 4.74 Å². The maximum absolute atomic E-state index is 5.95. The summed E-state index contributed by atoms with van der Waals surface area (Å²) in [7, 11) is 0. The molecule has 2 rings (SSSR count). The summed E-state index contributed by atoms with van der Waals surface area (Å²) >= 11 is 1.51. The summed E-state index contributed by atoms with van der Waals surface area (Å²) in [5, 5.41) is 10.1. The first-order chi connectivity index (χ1) is 11.2. The first kappa shape index (κ1) is 17.7. The fourth-order valence-corrected chi connectivity index (χ4v) is 2.80. The molecule has 2 N–H and O–H groups in total. The van der Waals surface area contributed by atoms with Crippen LogP contribution in [0.2, 0.25) is 0 Å². The van der Waals surface area contributed by atoms with Crippen LogP contribution in [0, 0.1) is 0 Å². The maximum atomic E-state index is 5.95. The fourth-order valence-electron chi connectivity index (χ4n) is 2.07. The van der Waals surface area contributed by atoms with Crippen LogP contribution >= 0.6 is 11.3 Å². The van der Waals surface area contributed by atoms with Crippen molar-refractivity contribution < 1.29 is 4.74 Å². The summed E-state index contributed by atoms with van der Waals surface area (Å²) in [6, 6.07) is 8.35. The van der Waals surface area contributed by atoms with Gasteiger partial charge in [-0.1, -0.05) is 49.7 Å². The zero-order chi connectivity index (χ0) is 16.5. The minimum atomic E-state index is 0.334. The van der Waals surface area contributed by atoms with Gasteiger partial charge in [0, 0.05) is 6.04 Å². The quantitative estimate of drug-likeness (QED) is 0.495. The normalized spacial score (nSPS) is 11.0. The molecule has 2 aromatic rings. The van der Waals surface area contributed by atoms with Crippen LogP contribution in [0.25, 0.3) is 10.6 Å². The number of benzene rings is 1. The zero-order valence-electron chi connectivity index (χ0n) is 14.1. The van der Waals surface area contributed by atoms with Crippen molar-refractivity contribution in [2.24, 2.45) is 0 Å². The van der Waals surface area contributed by atoms with E-state index in [-0.39, 0.29) is 0 Å². The molecule has 6 heteroatoms. The molecular weight excluding hydrogens is 308 g/mol. The molecule has 0 bridgehead atoms. The van der Waals surface area contributed by atoms with E-state index >= 15 is 0 Å². The highest BCUT2D eigenvalue weighted by atomic mass is 32.1. The number of anilines is 1. The molecule has 1 heterocycles. The molecule has 1 aromatic carbocycles. The van der Waals surface area contributed by atoms with Crippen LogP contribution in [-0.2, 0) is 0 Å². The third-order valence-corrected chi connectivity index (χ3v) is 4.14. The molecule has 0 radical (unpaired) electrons. The van der Waals surface area contributed by atoms with Crippen LogP contribution in [0.5, 0.6) is 5.75 Å².